The first-order valence-electron chi connectivity index (χ1n) is 6.47. The first kappa shape index (κ1) is 16.6. The second kappa shape index (κ2) is 6.98. The van der Waals surface area contributed by atoms with Crippen molar-refractivity contribution in [2.75, 3.05) is 6.61 Å². The summed E-state index contributed by atoms with van der Waals surface area (Å²) in [5.74, 6) is 0.666. The fraction of sp³-hybridized carbons (Fsp3) is 0.125. The van der Waals surface area contributed by atoms with Crippen molar-refractivity contribution in [3.8, 4) is 11.5 Å². The molecule has 0 aliphatic carbocycles. The largest absolute Gasteiger partial charge is 0.488 e. The van der Waals surface area contributed by atoms with E-state index in [1.165, 1.54) is 18.2 Å². The van der Waals surface area contributed by atoms with Gasteiger partial charge in [-0.25, -0.2) is 0 Å². The van der Waals surface area contributed by atoms with Gasteiger partial charge in [-0.1, -0.05) is 30.4 Å². The van der Waals surface area contributed by atoms with E-state index in [-0.39, 0.29) is 10.6 Å². The molecule has 0 unspecified atom stereocenters. The van der Waals surface area contributed by atoms with Crippen LogP contribution in [0.3, 0.4) is 0 Å². The Morgan fingerprint density at radius 3 is 2.50 bits per heavy atom. The maximum atomic E-state index is 12.2. The highest BCUT2D eigenvalue weighted by Crippen LogP contribution is 2.31. The molecule has 2 aromatic carbocycles. The quantitative estimate of drug-likeness (QED) is 0.557. The van der Waals surface area contributed by atoms with E-state index in [1.807, 2.05) is 6.92 Å². The van der Waals surface area contributed by atoms with Crippen LogP contribution in [0.1, 0.15) is 5.56 Å². The summed E-state index contributed by atoms with van der Waals surface area (Å²) in [4.78, 5) is 0.106. The number of hydrogen-bond acceptors (Lipinski definition) is 4. The van der Waals surface area contributed by atoms with Crippen molar-refractivity contribution in [2.45, 2.75) is 11.8 Å². The topological polar surface area (TPSA) is 52.6 Å². The Bertz CT molecular complexity index is 767. The van der Waals surface area contributed by atoms with Crippen LogP contribution in [-0.2, 0) is 10.1 Å². The van der Waals surface area contributed by atoms with Crippen molar-refractivity contribution in [3.63, 3.8) is 0 Å². The molecule has 0 atom stereocenters. The monoisotopic (exact) mass is 382 g/mol. The molecule has 0 radical (unpaired) electrons. The third kappa shape index (κ3) is 4.11. The lowest BCUT2D eigenvalue weighted by Gasteiger charge is -2.10. The molecular weight excluding hydrogens is 368 g/mol. The molecule has 0 aliphatic heterocycles. The van der Waals surface area contributed by atoms with Crippen molar-refractivity contribution in [1.82, 2.24) is 0 Å². The first-order chi connectivity index (χ1) is 10.4. The predicted octanol–water partition coefficient (Wildman–Crippen LogP) is 4.09. The van der Waals surface area contributed by atoms with Crippen LogP contribution < -0.4 is 8.92 Å². The summed E-state index contributed by atoms with van der Waals surface area (Å²) in [6.07, 6.45) is 1.60. The molecule has 6 heteroatoms. The van der Waals surface area contributed by atoms with Gasteiger partial charge in [0.1, 0.15) is 23.0 Å². The molecule has 0 fully saturated rings. The Hall–Kier alpha value is -1.79. The summed E-state index contributed by atoms with van der Waals surface area (Å²) >= 11 is 3.33. The molecule has 0 heterocycles. The van der Waals surface area contributed by atoms with Gasteiger partial charge in [-0.05, 0) is 47.1 Å². The van der Waals surface area contributed by atoms with Gasteiger partial charge in [0, 0.05) is 6.07 Å². The Labute approximate surface area is 138 Å². The highest BCUT2D eigenvalue weighted by atomic mass is 79.9. The standard InChI is InChI=1S/C16H15BrO4S/c1-3-10-20-16-11-13(6-9-15(16)17)21-22(18,19)14-7-4-12(2)5-8-14/h3-9,11H,1,10H2,2H3. The minimum absolute atomic E-state index is 0.106. The lowest BCUT2D eigenvalue weighted by atomic mass is 10.2. The van der Waals surface area contributed by atoms with Crippen LogP contribution in [0.5, 0.6) is 11.5 Å². The Morgan fingerprint density at radius 1 is 1.18 bits per heavy atom. The van der Waals surface area contributed by atoms with Gasteiger partial charge in [0.2, 0.25) is 0 Å². The second-order valence-corrected chi connectivity index (χ2v) is 6.94. The zero-order chi connectivity index (χ0) is 16.2. The normalized spacial score (nSPS) is 11.0. The van der Waals surface area contributed by atoms with E-state index in [2.05, 4.69) is 22.5 Å². The van der Waals surface area contributed by atoms with Gasteiger partial charge in [0.15, 0.2) is 0 Å². The fourth-order valence-electron chi connectivity index (χ4n) is 1.67. The van der Waals surface area contributed by atoms with E-state index >= 15 is 0 Å². The molecular formula is C16H15BrO4S. The fourth-order valence-corrected chi connectivity index (χ4v) is 2.96. The number of halogens is 1. The number of ether oxygens (including phenoxy) is 1. The molecule has 0 bridgehead atoms. The second-order valence-electron chi connectivity index (χ2n) is 4.54. The van der Waals surface area contributed by atoms with Gasteiger partial charge < -0.3 is 8.92 Å². The number of rotatable bonds is 6. The van der Waals surface area contributed by atoms with Crippen LogP contribution in [0, 0.1) is 6.92 Å². The van der Waals surface area contributed by atoms with Gasteiger partial charge in [0.25, 0.3) is 0 Å². The minimum Gasteiger partial charge on any atom is -0.488 e. The molecule has 0 amide bonds. The summed E-state index contributed by atoms with van der Waals surface area (Å²) in [6.45, 7) is 5.76. The number of hydrogen-bond donors (Lipinski definition) is 0. The highest BCUT2D eigenvalue weighted by molar-refractivity contribution is 9.10. The first-order valence-corrected chi connectivity index (χ1v) is 8.67. The van der Waals surface area contributed by atoms with Crippen LogP contribution in [0.4, 0.5) is 0 Å². The molecule has 2 rings (SSSR count). The summed E-state index contributed by atoms with van der Waals surface area (Å²) in [7, 11) is -3.87. The van der Waals surface area contributed by atoms with Gasteiger partial charge in [0.05, 0.1) is 4.47 Å². The van der Waals surface area contributed by atoms with E-state index in [0.29, 0.717) is 16.8 Å². The van der Waals surface area contributed by atoms with Crippen molar-refractivity contribution in [3.05, 3.63) is 65.2 Å². The van der Waals surface area contributed by atoms with E-state index < -0.39 is 10.1 Å². The van der Waals surface area contributed by atoms with Crippen LogP contribution in [0.25, 0.3) is 0 Å². The zero-order valence-corrected chi connectivity index (χ0v) is 14.4. The molecule has 4 nitrogen and oxygen atoms in total. The molecule has 116 valence electrons. The lowest BCUT2D eigenvalue weighted by molar-refractivity contribution is 0.359. The minimum atomic E-state index is -3.87. The van der Waals surface area contributed by atoms with Crippen LogP contribution >= 0.6 is 15.9 Å². The smallest absolute Gasteiger partial charge is 0.339 e. The molecule has 0 N–H and O–H groups in total. The average molecular weight is 383 g/mol. The molecule has 0 spiro atoms. The van der Waals surface area contributed by atoms with E-state index in [1.54, 1.807) is 30.3 Å². The summed E-state index contributed by atoms with van der Waals surface area (Å²) < 4.78 is 35.7. The zero-order valence-electron chi connectivity index (χ0n) is 12.0. The number of benzene rings is 2. The predicted molar refractivity (Wildman–Crippen MR) is 88.8 cm³/mol. The van der Waals surface area contributed by atoms with Crippen molar-refractivity contribution < 1.29 is 17.3 Å². The Balaban J connectivity index is 2.25. The van der Waals surface area contributed by atoms with Crippen molar-refractivity contribution in [1.29, 1.82) is 0 Å². The van der Waals surface area contributed by atoms with Gasteiger partial charge in [-0.2, -0.15) is 8.42 Å². The Morgan fingerprint density at radius 2 is 1.86 bits per heavy atom. The summed E-state index contributed by atoms with van der Waals surface area (Å²) in [6, 6.07) is 11.2. The van der Waals surface area contributed by atoms with Gasteiger partial charge >= 0.3 is 10.1 Å². The van der Waals surface area contributed by atoms with Crippen LogP contribution in [-0.4, -0.2) is 15.0 Å². The molecule has 0 aliphatic rings. The average Bonchev–Trinajstić information content (AvgIpc) is 2.48. The molecule has 0 aromatic heterocycles. The van der Waals surface area contributed by atoms with Crippen molar-refractivity contribution in [2.24, 2.45) is 0 Å². The van der Waals surface area contributed by atoms with Crippen LogP contribution in [0.2, 0.25) is 0 Å². The SMILES string of the molecule is C=CCOc1cc(OS(=O)(=O)c2ccc(C)cc2)ccc1Br. The molecule has 2 aromatic rings. The number of aryl methyl sites for hydroxylation is 1. The molecule has 0 saturated carbocycles. The third-order valence-corrected chi connectivity index (χ3v) is 4.69. The van der Waals surface area contributed by atoms with E-state index in [9.17, 15) is 8.42 Å². The molecule has 0 saturated heterocycles. The highest BCUT2D eigenvalue weighted by Gasteiger charge is 2.17. The third-order valence-electron chi connectivity index (χ3n) is 2.77. The lowest BCUT2D eigenvalue weighted by Crippen LogP contribution is -2.09. The summed E-state index contributed by atoms with van der Waals surface area (Å²) in [5, 5.41) is 0. The van der Waals surface area contributed by atoms with E-state index in [4.69, 9.17) is 8.92 Å². The maximum absolute atomic E-state index is 12.2. The van der Waals surface area contributed by atoms with Gasteiger partial charge in [-0.3, -0.25) is 0 Å². The Kier molecular flexibility index (Phi) is 5.26. The van der Waals surface area contributed by atoms with E-state index in [0.717, 1.165) is 5.56 Å². The van der Waals surface area contributed by atoms with Crippen molar-refractivity contribution >= 4 is 26.0 Å². The molecule has 22 heavy (non-hydrogen) atoms. The maximum Gasteiger partial charge on any atom is 0.339 e. The summed E-state index contributed by atoms with van der Waals surface area (Å²) in [5.41, 5.74) is 0.975. The van der Waals surface area contributed by atoms with Gasteiger partial charge in [-0.15, -0.1) is 0 Å². The van der Waals surface area contributed by atoms with Crippen LogP contribution in [0.15, 0.2) is 64.5 Å².